The maximum atomic E-state index is 12.3. The van der Waals surface area contributed by atoms with Gasteiger partial charge in [0.25, 0.3) is 0 Å². The van der Waals surface area contributed by atoms with E-state index in [0.29, 0.717) is 16.6 Å². The highest BCUT2D eigenvalue weighted by Crippen LogP contribution is 2.40. The van der Waals surface area contributed by atoms with Gasteiger partial charge in [0, 0.05) is 16.2 Å². The van der Waals surface area contributed by atoms with Crippen LogP contribution in [0.25, 0.3) is 10.2 Å². The molecule has 0 aliphatic rings. The number of aromatic nitrogens is 2. The van der Waals surface area contributed by atoms with Crippen molar-refractivity contribution < 1.29 is 14.6 Å². The quantitative estimate of drug-likeness (QED) is 0.318. The molecule has 2 heterocycles. The minimum Gasteiger partial charge on any atom is -0.464 e. The van der Waals surface area contributed by atoms with Crippen LogP contribution in [-0.4, -0.2) is 21.2 Å². The zero-order chi connectivity index (χ0) is 22.2. The van der Waals surface area contributed by atoms with Crippen molar-refractivity contribution >= 4 is 54.4 Å². The van der Waals surface area contributed by atoms with E-state index in [9.17, 15) is 9.90 Å². The van der Waals surface area contributed by atoms with Crippen LogP contribution in [0.5, 0.6) is 11.6 Å². The van der Waals surface area contributed by atoms with E-state index in [-0.39, 0.29) is 11.3 Å². The van der Waals surface area contributed by atoms with Crippen LogP contribution in [0.4, 0.5) is 15.6 Å². The SMILES string of the molecule is CC(C)(C)c1ccccc1Oc1ncccc1N(C(=O)O)c1nc2ccc(Br)cc2s1. The fourth-order valence-corrected chi connectivity index (χ4v) is 4.71. The molecule has 1 amide bonds. The summed E-state index contributed by atoms with van der Waals surface area (Å²) in [4.78, 5) is 22.2. The van der Waals surface area contributed by atoms with E-state index < -0.39 is 6.09 Å². The molecule has 0 fully saturated rings. The van der Waals surface area contributed by atoms with Crippen LogP contribution in [0.1, 0.15) is 26.3 Å². The second-order valence-electron chi connectivity index (χ2n) is 7.90. The number of anilines is 2. The Bertz CT molecular complexity index is 1270. The summed E-state index contributed by atoms with van der Waals surface area (Å²) in [6.07, 6.45) is 0.411. The minimum atomic E-state index is -1.17. The van der Waals surface area contributed by atoms with E-state index in [4.69, 9.17) is 4.74 Å². The third-order valence-electron chi connectivity index (χ3n) is 4.62. The highest BCUT2D eigenvalue weighted by atomic mass is 79.9. The number of pyridine rings is 1. The number of halogens is 1. The molecule has 0 spiro atoms. The average Bonchev–Trinajstić information content (AvgIpc) is 3.11. The molecule has 2 aromatic heterocycles. The van der Waals surface area contributed by atoms with Gasteiger partial charge >= 0.3 is 6.09 Å². The maximum Gasteiger partial charge on any atom is 0.418 e. The first-order valence-electron chi connectivity index (χ1n) is 9.55. The number of amides is 1. The summed E-state index contributed by atoms with van der Waals surface area (Å²) in [6.45, 7) is 6.28. The number of rotatable bonds is 4. The van der Waals surface area contributed by atoms with Crippen LogP contribution >= 0.6 is 27.3 Å². The predicted octanol–water partition coefficient (Wildman–Crippen LogP) is 7.36. The first-order valence-corrected chi connectivity index (χ1v) is 11.2. The van der Waals surface area contributed by atoms with Crippen LogP contribution in [0.15, 0.2) is 65.3 Å². The summed E-state index contributed by atoms with van der Waals surface area (Å²) >= 11 is 4.73. The number of ether oxygens (including phenoxy) is 1. The van der Waals surface area contributed by atoms with Crippen LogP contribution in [0.2, 0.25) is 0 Å². The Morgan fingerprint density at radius 1 is 1.13 bits per heavy atom. The molecule has 0 bridgehead atoms. The maximum absolute atomic E-state index is 12.3. The number of hydrogen-bond donors (Lipinski definition) is 1. The monoisotopic (exact) mass is 497 g/mol. The molecule has 0 aliphatic carbocycles. The van der Waals surface area contributed by atoms with Gasteiger partial charge in [-0.05, 0) is 41.8 Å². The number of hydrogen-bond acceptors (Lipinski definition) is 5. The number of nitrogens with zero attached hydrogens (tertiary/aromatic N) is 3. The molecule has 0 saturated carbocycles. The smallest absolute Gasteiger partial charge is 0.418 e. The molecule has 158 valence electrons. The fraction of sp³-hybridized carbons (Fsp3) is 0.174. The van der Waals surface area contributed by atoms with Crippen LogP contribution in [-0.2, 0) is 5.41 Å². The van der Waals surface area contributed by atoms with E-state index in [1.54, 1.807) is 18.3 Å². The lowest BCUT2D eigenvalue weighted by Crippen LogP contribution is -2.24. The van der Waals surface area contributed by atoms with Crippen molar-refractivity contribution in [1.82, 2.24) is 9.97 Å². The van der Waals surface area contributed by atoms with Gasteiger partial charge in [-0.2, -0.15) is 0 Å². The Morgan fingerprint density at radius 3 is 2.65 bits per heavy atom. The lowest BCUT2D eigenvalue weighted by molar-refractivity contribution is 0.204. The number of carboxylic acid groups (broad SMARTS) is 1. The largest absolute Gasteiger partial charge is 0.464 e. The summed E-state index contributed by atoms with van der Waals surface area (Å²) < 4.78 is 7.95. The molecule has 0 atom stereocenters. The first kappa shape index (κ1) is 21.3. The predicted molar refractivity (Wildman–Crippen MR) is 127 cm³/mol. The van der Waals surface area contributed by atoms with Crippen molar-refractivity contribution in [2.75, 3.05) is 4.90 Å². The van der Waals surface area contributed by atoms with E-state index in [0.717, 1.165) is 25.2 Å². The number of benzene rings is 2. The van der Waals surface area contributed by atoms with E-state index in [1.165, 1.54) is 11.3 Å². The van der Waals surface area contributed by atoms with Gasteiger partial charge in [0.2, 0.25) is 11.0 Å². The van der Waals surface area contributed by atoms with Gasteiger partial charge in [-0.15, -0.1) is 0 Å². The second kappa shape index (κ2) is 8.28. The molecule has 1 N–H and O–H groups in total. The van der Waals surface area contributed by atoms with Crippen molar-refractivity contribution in [1.29, 1.82) is 0 Å². The molecule has 4 aromatic rings. The summed E-state index contributed by atoms with van der Waals surface area (Å²) in [5.41, 5.74) is 1.87. The molecule has 0 radical (unpaired) electrons. The average molecular weight is 498 g/mol. The molecule has 8 heteroatoms. The molecule has 4 rings (SSSR count). The molecule has 31 heavy (non-hydrogen) atoms. The van der Waals surface area contributed by atoms with Gasteiger partial charge in [-0.3, -0.25) is 0 Å². The molecule has 6 nitrogen and oxygen atoms in total. The zero-order valence-corrected chi connectivity index (χ0v) is 19.6. The van der Waals surface area contributed by atoms with Crippen molar-refractivity contribution in [2.45, 2.75) is 26.2 Å². The molecular formula is C23H20BrN3O3S. The second-order valence-corrected chi connectivity index (χ2v) is 9.83. The van der Waals surface area contributed by atoms with Gasteiger partial charge in [-0.1, -0.05) is 66.2 Å². The minimum absolute atomic E-state index is 0.154. The van der Waals surface area contributed by atoms with Crippen molar-refractivity contribution in [3.8, 4) is 11.6 Å². The summed E-state index contributed by atoms with van der Waals surface area (Å²) in [6, 6.07) is 16.7. The highest BCUT2D eigenvalue weighted by Gasteiger charge is 2.26. The lowest BCUT2D eigenvalue weighted by atomic mass is 9.86. The van der Waals surface area contributed by atoms with E-state index in [1.807, 2.05) is 42.5 Å². The Labute approximate surface area is 192 Å². The van der Waals surface area contributed by atoms with Crippen molar-refractivity contribution in [2.24, 2.45) is 0 Å². The van der Waals surface area contributed by atoms with E-state index >= 15 is 0 Å². The topological polar surface area (TPSA) is 75.5 Å². The van der Waals surface area contributed by atoms with Gasteiger partial charge in [0.05, 0.1) is 10.2 Å². The summed E-state index contributed by atoms with van der Waals surface area (Å²) in [5.74, 6) is 0.829. The molecular weight excluding hydrogens is 478 g/mol. The fourth-order valence-electron chi connectivity index (χ4n) is 3.18. The van der Waals surface area contributed by atoms with Crippen molar-refractivity contribution in [3.05, 3.63) is 70.8 Å². The standard InChI is InChI=1S/C23H20BrN3O3S/c1-23(2,3)15-7-4-5-9-18(15)30-20-17(8-6-12-25-20)27(22(28)29)21-26-16-11-10-14(24)13-19(16)31-21/h4-13H,1-3H3,(H,28,29). The Balaban J connectivity index is 1.80. The molecule has 0 saturated heterocycles. The molecule has 0 aliphatic heterocycles. The van der Waals surface area contributed by atoms with Crippen LogP contribution in [0.3, 0.4) is 0 Å². The van der Waals surface area contributed by atoms with E-state index in [2.05, 4.69) is 46.7 Å². The highest BCUT2D eigenvalue weighted by molar-refractivity contribution is 9.10. The molecule has 0 unspecified atom stereocenters. The Kier molecular flexibility index (Phi) is 5.68. The summed E-state index contributed by atoms with van der Waals surface area (Å²) in [5, 5.41) is 10.4. The number of para-hydroxylation sites is 1. The van der Waals surface area contributed by atoms with Crippen LogP contribution in [0, 0.1) is 0 Å². The number of fused-ring (bicyclic) bond motifs is 1. The number of thiazole rings is 1. The van der Waals surface area contributed by atoms with Gasteiger partial charge in [0.1, 0.15) is 11.4 Å². The third-order valence-corrected chi connectivity index (χ3v) is 6.11. The lowest BCUT2D eigenvalue weighted by Gasteiger charge is -2.24. The van der Waals surface area contributed by atoms with Gasteiger partial charge in [0.15, 0.2) is 0 Å². The summed E-state index contributed by atoms with van der Waals surface area (Å²) in [7, 11) is 0. The third kappa shape index (κ3) is 4.40. The van der Waals surface area contributed by atoms with Gasteiger partial charge < -0.3 is 9.84 Å². The zero-order valence-electron chi connectivity index (χ0n) is 17.2. The van der Waals surface area contributed by atoms with Crippen molar-refractivity contribution in [3.63, 3.8) is 0 Å². The first-order chi connectivity index (χ1) is 14.7. The Morgan fingerprint density at radius 2 is 1.90 bits per heavy atom. The van der Waals surface area contributed by atoms with Crippen LogP contribution < -0.4 is 9.64 Å². The molecule has 2 aromatic carbocycles. The van der Waals surface area contributed by atoms with Gasteiger partial charge in [-0.25, -0.2) is 19.7 Å². The Hall–Kier alpha value is -2.97. The normalized spacial score (nSPS) is 11.5. The number of carbonyl (C=O) groups is 1.